The van der Waals surface area contributed by atoms with Gasteiger partial charge in [0.05, 0.1) is 18.8 Å². The lowest BCUT2D eigenvalue weighted by Crippen LogP contribution is -2.46. The first-order valence-corrected chi connectivity index (χ1v) is 11.0. The highest BCUT2D eigenvalue weighted by molar-refractivity contribution is 14.1. The summed E-state index contributed by atoms with van der Waals surface area (Å²) in [6.07, 6.45) is 4.96. The molecule has 0 spiro atoms. The summed E-state index contributed by atoms with van der Waals surface area (Å²) in [5.74, 6) is 0.189. The van der Waals surface area contributed by atoms with E-state index >= 15 is 0 Å². The van der Waals surface area contributed by atoms with Crippen LogP contribution in [0.25, 0.3) is 0 Å². The molecule has 0 bridgehead atoms. The number of hydrogen-bond acceptors (Lipinski definition) is 3. The van der Waals surface area contributed by atoms with E-state index in [1.54, 1.807) is 7.11 Å². The zero-order chi connectivity index (χ0) is 20.8. The van der Waals surface area contributed by atoms with Crippen molar-refractivity contribution >= 4 is 28.5 Å². The molecule has 1 aliphatic heterocycles. The van der Waals surface area contributed by atoms with Gasteiger partial charge in [0.2, 0.25) is 5.91 Å². The normalized spacial score (nSPS) is 18.5. The largest absolute Gasteiger partial charge is 0.394 e. The number of nitrogens with zero attached hydrogens (tertiary/aromatic N) is 1. The molecular weight excluding hydrogens is 477 g/mol. The molecule has 2 aromatic carbocycles. The maximum atomic E-state index is 12.8. The number of aliphatic hydroxyl groups is 1. The molecule has 4 nitrogen and oxygen atoms in total. The van der Waals surface area contributed by atoms with E-state index in [0.29, 0.717) is 19.4 Å². The standard InChI is InChI=1S/C24H28INO3/c1-17(24(29-2)18-10-12-21(25)13-11-18)6-5-9-23(28)26-15-20-8-4-3-7-19(20)14-22(26)16-27/h3-8,10-13,17,22,24,27H,9,14-16H2,1-2H3/b6-5+/t17-,22-,24+/m0/s1. The Balaban J connectivity index is 1.63. The smallest absolute Gasteiger partial charge is 0.227 e. The van der Waals surface area contributed by atoms with Gasteiger partial charge in [-0.05, 0) is 57.8 Å². The van der Waals surface area contributed by atoms with Gasteiger partial charge in [-0.3, -0.25) is 4.79 Å². The molecule has 3 rings (SSSR count). The highest BCUT2D eigenvalue weighted by Crippen LogP contribution is 2.28. The number of carbonyl (C=O) groups is 1. The van der Waals surface area contributed by atoms with E-state index in [1.165, 1.54) is 14.7 Å². The number of methoxy groups -OCH3 is 1. The van der Waals surface area contributed by atoms with Crippen molar-refractivity contribution < 1.29 is 14.6 Å². The van der Waals surface area contributed by atoms with E-state index in [2.05, 4.69) is 72.0 Å². The maximum Gasteiger partial charge on any atom is 0.227 e. The molecule has 1 amide bonds. The van der Waals surface area contributed by atoms with Crippen LogP contribution in [0.4, 0.5) is 0 Å². The Morgan fingerprint density at radius 2 is 1.93 bits per heavy atom. The van der Waals surface area contributed by atoms with Crippen molar-refractivity contribution in [1.29, 1.82) is 0 Å². The predicted molar refractivity (Wildman–Crippen MR) is 123 cm³/mol. The van der Waals surface area contributed by atoms with E-state index in [1.807, 2.05) is 23.1 Å². The molecule has 1 N–H and O–H groups in total. The second kappa shape index (κ2) is 10.4. The van der Waals surface area contributed by atoms with E-state index in [4.69, 9.17) is 4.74 Å². The van der Waals surface area contributed by atoms with Crippen molar-refractivity contribution in [3.8, 4) is 0 Å². The molecule has 0 aromatic heterocycles. The molecule has 0 saturated carbocycles. The lowest BCUT2D eigenvalue weighted by molar-refractivity contribution is -0.134. The van der Waals surface area contributed by atoms with Crippen molar-refractivity contribution in [1.82, 2.24) is 4.90 Å². The van der Waals surface area contributed by atoms with E-state index in [0.717, 1.165) is 5.56 Å². The molecule has 5 heteroatoms. The third kappa shape index (κ3) is 5.47. The monoisotopic (exact) mass is 505 g/mol. The van der Waals surface area contributed by atoms with Gasteiger partial charge in [0.1, 0.15) is 0 Å². The molecule has 1 heterocycles. The number of fused-ring (bicyclic) bond motifs is 1. The Kier molecular flexibility index (Phi) is 7.86. The molecule has 0 aliphatic carbocycles. The van der Waals surface area contributed by atoms with Crippen LogP contribution < -0.4 is 0 Å². The van der Waals surface area contributed by atoms with E-state index in [9.17, 15) is 9.90 Å². The van der Waals surface area contributed by atoms with Crippen LogP contribution in [0, 0.1) is 9.49 Å². The lowest BCUT2D eigenvalue weighted by atomic mass is 9.94. The van der Waals surface area contributed by atoms with Gasteiger partial charge < -0.3 is 14.7 Å². The summed E-state index contributed by atoms with van der Waals surface area (Å²) in [5.41, 5.74) is 3.52. The molecule has 1 aliphatic rings. The number of amides is 1. The minimum Gasteiger partial charge on any atom is -0.394 e. The Morgan fingerprint density at radius 1 is 1.24 bits per heavy atom. The molecule has 29 heavy (non-hydrogen) atoms. The van der Waals surface area contributed by atoms with E-state index < -0.39 is 0 Å². The molecule has 154 valence electrons. The van der Waals surface area contributed by atoms with Crippen LogP contribution in [0.15, 0.2) is 60.7 Å². The van der Waals surface area contributed by atoms with Gasteiger partial charge >= 0.3 is 0 Å². The Hall–Kier alpha value is -1.70. The fourth-order valence-electron chi connectivity index (χ4n) is 3.95. The van der Waals surface area contributed by atoms with Crippen molar-refractivity contribution in [2.75, 3.05) is 13.7 Å². The van der Waals surface area contributed by atoms with Gasteiger partial charge in [0, 0.05) is 29.6 Å². The molecule has 0 saturated heterocycles. The van der Waals surface area contributed by atoms with Gasteiger partial charge in [-0.1, -0.05) is 55.5 Å². The lowest BCUT2D eigenvalue weighted by Gasteiger charge is -2.36. The number of rotatable bonds is 7. The Labute approximate surface area is 186 Å². The molecule has 0 radical (unpaired) electrons. The predicted octanol–water partition coefficient (Wildman–Crippen LogP) is 4.51. The number of aliphatic hydroxyl groups excluding tert-OH is 1. The summed E-state index contributed by atoms with van der Waals surface area (Å²) in [6, 6.07) is 16.3. The Morgan fingerprint density at radius 3 is 2.59 bits per heavy atom. The topological polar surface area (TPSA) is 49.8 Å². The number of benzene rings is 2. The average molecular weight is 505 g/mol. The van der Waals surface area contributed by atoms with Gasteiger partial charge in [-0.25, -0.2) is 0 Å². The van der Waals surface area contributed by atoms with Crippen LogP contribution in [0.2, 0.25) is 0 Å². The summed E-state index contributed by atoms with van der Waals surface area (Å²) in [7, 11) is 1.72. The fourth-order valence-corrected chi connectivity index (χ4v) is 4.31. The van der Waals surface area contributed by atoms with Crippen molar-refractivity contribution in [2.45, 2.75) is 38.5 Å². The summed E-state index contributed by atoms with van der Waals surface area (Å²) in [5, 5.41) is 9.77. The first kappa shape index (κ1) is 22.0. The van der Waals surface area contributed by atoms with Crippen molar-refractivity contribution in [2.24, 2.45) is 5.92 Å². The van der Waals surface area contributed by atoms with Crippen LogP contribution in [0.5, 0.6) is 0 Å². The quantitative estimate of drug-likeness (QED) is 0.445. The van der Waals surface area contributed by atoms with Gasteiger partial charge in [-0.2, -0.15) is 0 Å². The average Bonchev–Trinajstić information content (AvgIpc) is 2.74. The maximum absolute atomic E-state index is 12.8. The van der Waals surface area contributed by atoms with Crippen LogP contribution in [-0.2, 0) is 22.5 Å². The zero-order valence-corrected chi connectivity index (χ0v) is 19.1. The van der Waals surface area contributed by atoms with Crippen LogP contribution in [-0.4, -0.2) is 35.7 Å². The summed E-state index contributed by atoms with van der Waals surface area (Å²) in [4.78, 5) is 14.6. The molecule has 2 aromatic rings. The van der Waals surface area contributed by atoms with Gasteiger partial charge in [0.15, 0.2) is 0 Å². The SMILES string of the molecule is CO[C@@H](c1ccc(I)cc1)[C@@H](C)/C=C/CC(=O)N1Cc2ccccc2C[C@H]1CO. The highest BCUT2D eigenvalue weighted by Gasteiger charge is 2.28. The second-order valence-corrected chi connectivity index (χ2v) is 8.78. The number of carbonyl (C=O) groups excluding carboxylic acids is 1. The van der Waals surface area contributed by atoms with Crippen LogP contribution in [0.1, 0.15) is 36.1 Å². The van der Waals surface area contributed by atoms with Crippen molar-refractivity contribution in [3.05, 3.63) is 80.9 Å². The van der Waals surface area contributed by atoms with Gasteiger partial charge in [0.25, 0.3) is 0 Å². The van der Waals surface area contributed by atoms with Crippen LogP contribution >= 0.6 is 22.6 Å². The summed E-state index contributed by atoms with van der Waals surface area (Å²) < 4.78 is 6.89. The number of halogens is 1. The minimum absolute atomic E-state index is 0.0151. The first-order chi connectivity index (χ1) is 14.0. The summed E-state index contributed by atoms with van der Waals surface area (Å²) in [6.45, 7) is 2.65. The minimum atomic E-state index is -0.151. The first-order valence-electron chi connectivity index (χ1n) is 9.95. The fraction of sp³-hybridized carbons (Fsp3) is 0.375. The third-order valence-corrected chi connectivity index (χ3v) is 6.27. The molecule has 0 fully saturated rings. The second-order valence-electron chi connectivity index (χ2n) is 7.53. The number of ether oxygens (including phenoxy) is 1. The third-order valence-electron chi connectivity index (χ3n) is 5.55. The highest BCUT2D eigenvalue weighted by atomic mass is 127. The molecule has 0 unspecified atom stereocenters. The molecular formula is C24H28INO3. The van der Waals surface area contributed by atoms with Gasteiger partial charge in [-0.15, -0.1) is 0 Å². The van der Waals surface area contributed by atoms with Crippen LogP contribution in [0.3, 0.4) is 0 Å². The molecule has 3 atom stereocenters. The van der Waals surface area contributed by atoms with E-state index in [-0.39, 0.29) is 30.6 Å². The van der Waals surface area contributed by atoms with Crippen molar-refractivity contribution in [3.63, 3.8) is 0 Å². The zero-order valence-electron chi connectivity index (χ0n) is 16.9. The Bertz CT molecular complexity index is 849. The summed E-state index contributed by atoms with van der Waals surface area (Å²) >= 11 is 2.29. The number of hydrogen-bond donors (Lipinski definition) is 1.